The lowest BCUT2D eigenvalue weighted by atomic mass is 10.1. The fraction of sp³-hybridized carbons (Fsp3) is 0.304. The van der Waals surface area contributed by atoms with E-state index in [2.05, 4.69) is 10.3 Å². The van der Waals surface area contributed by atoms with Gasteiger partial charge in [-0.05, 0) is 44.2 Å². The summed E-state index contributed by atoms with van der Waals surface area (Å²) in [6.45, 7) is 3.51. The van der Waals surface area contributed by atoms with Crippen LogP contribution in [0.3, 0.4) is 0 Å². The first-order valence-corrected chi connectivity index (χ1v) is 11.2. The first kappa shape index (κ1) is 21.3. The van der Waals surface area contributed by atoms with Gasteiger partial charge in [-0.2, -0.15) is 0 Å². The summed E-state index contributed by atoms with van der Waals surface area (Å²) in [5, 5.41) is 13.5. The first-order chi connectivity index (χ1) is 14.8. The smallest absolute Gasteiger partial charge is 0.257 e. The third-order valence-electron chi connectivity index (χ3n) is 4.98. The molecule has 2 amide bonds. The molecule has 8 heteroatoms. The molecule has 1 aromatic heterocycles. The molecule has 0 radical (unpaired) electrons. The SMILES string of the molecule is CC(C)(O)COc1ccc(NC(=O)[C@H]2CSCN2C(=O)c2c[nH]c3ccccc23)cc1. The Labute approximate surface area is 184 Å². The number of carbonyl (C=O) groups excluding carboxylic acids is 2. The predicted molar refractivity (Wildman–Crippen MR) is 122 cm³/mol. The molecule has 0 bridgehead atoms. The van der Waals surface area contributed by atoms with Gasteiger partial charge in [0.05, 0.1) is 17.0 Å². The van der Waals surface area contributed by atoms with E-state index in [1.807, 2.05) is 24.3 Å². The number of hydrogen-bond donors (Lipinski definition) is 3. The number of rotatable bonds is 6. The number of aliphatic hydroxyl groups is 1. The quantitative estimate of drug-likeness (QED) is 0.547. The molecule has 0 spiro atoms. The second-order valence-corrected chi connectivity index (χ2v) is 9.15. The van der Waals surface area contributed by atoms with Crippen molar-refractivity contribution in [3.63, 3.8) is 0 Å². The molecule has 1 atom stereocenters. The molecular weight excluding hydrogens is 414 g/mol. The molecule has 0 aliphatic carbocycles. The highest BCUT2D eigenvalue weighted by Crippen LogP contribution is 2.27. The monoisotopic (exact) mass is 439 g/mol. The van der Waals surface area contributed by atoms with Crippen LogP contribution in [0.1, 0.15) is 24.2 Å². The number of anilines is 1. The van der Waals surface area contributed by atoms with Gasteiger partial charge in [0.1, 0.15) is 18.4 Å². The highest BCUT2D eigenvalue weighted by atomic mass is 32.2. The number of H-pyrrole nitrogens is 1. The van der Waals surface area contributed by atoms with Crippen LogP contribution in [0.5, 0.6) is 5.75 Å². The van der Waals surface area contributed by atoms with Gasteiger partial charge >= 0.3 is 0 Å². The van der Waals surface area contributed by atoms with Gasteiger partial charge in [0, 0.05) is 28.5 Å². The maximum Gasteiger partial charge on any atom is 0.257 e. The largest absolute Gasteiger partial charge is 0.491 e. The fourth-order valence-corrected chi connectivity index (χ4v) is 4.54. The number of ether oxygens (including phenoxy) is 1. The van der Waals surface area contributed by atoms with Crippen LogP contribution in [0.4, 0.5) is 5.69 Å². The number of benzene rings is 2. The molecule has 0 saturated carbocycles. The van der Waals surface area contributed by atoms with Crippen molar-refractivity contribution in [2.45, 2.75) is 25.5 Å². The normalized spacial score (nSPS) is 16.5. The Bertz CT molecular complexity index is 1090. The number of carbonyl (C=O) groups is 2. The predicted octanol–water partition coefficient (Wildman–Crippen LogP) is 3.47. The summed E-state index contributed by atoms with van der Waals surface area (Å²) < 4.78 is 5.53. The average molecular weight is 440 g/mol. The number of nitrogens with zero attached hydrogens (tertiary/aromatic N) is 1. The summed E-state index contributed by atoms with van der Waals surface area (Å²) in [7, 11) is 0. The summed E-state index contributed by atoms with van der Waals surface area (Å²) in [6, 6.07) is 14.0. The molecule has 2 aromatic carbocycles. The molecule has 3 N–H and O–H groups in total. The summed E-state index contributed by atoms with van der Waals surface area (Å²) in [5.41, 5.74) is 1.17. The van der Waals surface area contributed by atoms with Gasteiger partial charge in [-0.1, -0.05) is 18.2 Å². The number of nitrogens with one attached hydrogen (secondary N) is 2. The van der Waals surface area contributed by atoms with E-state index in [0.29, 0.717) is 28.6 Å². The van der Waals surface area contributed by atoms with Crippen molar-refractivity contribution < 1.29 is 19.4 Å². The highest BCUT2D eigenvalue weighted by molar-refractivity contribution is 7.99. The van der Waals surface area contributed by atoms with E-state index in [1.165, 1.54) is 0 Å². The van der Waals surface area contributed by atoms with Gasteiger partial charge in [-0.15, -0.1) is 11.8 Å². The molecule has 1 saturated heterocycles. The first-order valence-electron chi connectivity index (χ1n) is 10.0. The van der Waals surface area contributed by atoms with Gasteiger partial charge < -0.3 is 25.0 Å². The summed E-state index contributed by atoms with van der Waals surface area (Å²) >= 11 is 1.56. The van der Waals surface area contributed by atoms with Crippen LogP contribution in [0.25, 0.3) is 10.9 Å². The van der Waals surface area contributed by atoms with Gasteiger partial charge in [0.15, 0.2) is 0 Å². The second kappa shape index (κ2) is 8.64. The molecule has 1 fully saturated rings. The molecular formula is C23H25N3O4S. The van der Waals surface area contributed by atoms with Crippen molar-refractivity contribution in [1.29, 1.82) is 0 Å². The average Bonchev–Trinajstić information content (AvgIpc) is 3.40. The lowest BCUT2D eigenvalue weighted by molar-refractivity contribution is -0.119. The Hall–Kier alpha value is -2.97. The van der Waals surface area contributed by atoms with Crippen LogP contribution >= 0.6 is 11.8 Å². The van der Waals surface area contributed by atoms with Crippen LogP contribution < -0.4 is 10.1 Å². The van der Waals surface area contributed by atoms with Crippen molar-refractivity contribution in [3.05, 3.63) is 60.3 Å². The number of aromatic amines is 1. The molecule has 2 heterocycles. The Morgan fingerprint density at radius 2 is 1.97 bits per heavy atom. The molecule has 0 unspecified atom stereocenters. The van der Waals surface area contributed by atoms with Crippen molar-refractivity contribution in [2.75, 3.05) is 23.6 Å². The summed E-state index contributed by atoms with van der Waals surface area (Å²) in [4.78, 5) is 30.8. The van der Waals surface area contributed by atoms with Crippen LogP contribution in [0.15, 0.2) is 54.7 Å². The fourth-order valence-electron chi connectivity index (χ4n) is 3.38. The topological polar surface area (TPSA) is 94.7 Å². The Kier molecular flexibility index (Phi) is 5.93. The zero-order chi connectivity index (χ0) is 22.0. The third-order valence-corrected chi connectivity index (χ3v) is 5.99. The minimum atomic E-state index is -0.923. The number of thioether (sulfide) groups is 1. The molecule has 162 valence electrons. The van der Waals surface area contributed by atoms with Crippen LogP contribution in [0.2, 0.25) is 0 Å². The van der Waals surface area contributed by atoms with E-state index in [0.717, 1.165) is 10.9 Å². The van der Waals surface area contributed by atoms with E-state index in [-0.39, 0.29) is 18.4 Å². The maximum absolute atomic E-state index is 13.2. The summed E-state index contributed by atoms with van der Waals surface area (Å²) in [5.74, 6) is 1.25. The zero-order valence-electron chi connectivity index (χ0n) is 17.4. The number of amides is 2. The Morgan fingerprint density at radius 1 is 1.23 bits per heavy atom. The maximum atomic E-state index is 13.2. The van der Waals surface area contributed by atoms with Crippen LogP contribution in [0, 0.1) is 0 Å². The Balaban J connectivity index is 1.43. The van der Waals surface area contributed by atoms with Gasteiger partial charge in [-0.3, -0.25) is 9.59 Å². The van der Waals surface area contributed by atoms with Gasteiger partial charge in [0.2, 0.25) is 5.91 Å². The van der Waals surface area contributed by atoms with Crippen molar-refractivity contribution >= 4 is 40.2 Å². The molecule has 4 rings (SSSR count). The molecule has 1 aliphatic rings. The van der Waals surface area contributed by atoms with E-state index < -0.39 is 11.6 Å². The lowest BCUT2D eigenvalue weighted by Crippen LogP contribution is -2.44. The molecule has 1 aliphatic heterocycles. The van der Waals surface area contributed by atoms with E-state index in [1.54, 1.807) is 61.0 Å². The third kappa shape index (κ3) is 4.86. The van der Waals surface area contributed by atoms with Crippen molar-refractivity contribution in [2.24, 2.45) is 0 Å². The zero-order valence-corrected chi connectivity index (χ0v) is 18.2. The van der Waals surface area contributed by atoms with Crippen LogP contribution in [-0.2, 0) is 4.79 Å². The minimum Gasteiger partial charge on any atom is -0.491 e. The van der Waals surface area contributed by atoms with E-state index in [9.17, 15) is 14.7 Å². The highest BCUT2D eigenvalue weighted by Gasteiger charge is 2.36. The van der Waals surface area contributed by atoms with Crippen molar-refractivity contribution in [1.82, 2.24) is 9.88 Å². The molecule has 31 heavy (non-hydrogen) atoms. The number of hydrogen-bond acceptors (Lipinski definition) is 5. The number of fused-ring (bicyclic) bond motifs is 1. The van der Waals surface area contributed by atoms with Gasteiger partial charge in [0.25, 0.3) is 5.91 Å². The standard InChI is InChI=1S/C23H25N3O4S/c1-23(2,29)13-30-16-9-7-15(8-10-16)25-21(27)20-12-31-14-26(20)22(28)18-11-24-19-6-4-3-5-17(18)19/h3-11,20,24,29H,12-14H2,1-2H3,(H,25,27)/t20-/m1/s1. The van der Waals surface area contributed by atoms with E-state index in [4.69, 9.17) is 4.74 Å². The lowest BCUT2D eigenvalue weighted by Gasteiger charge is -2.23. The van der Waals surface area contributed by atoms with E-state index >= 15 is 0 Å². The molecule has 3 aromatic rings. The second-order valence-electron chi connectivity index (χ2n) is 8.15. The minimum absolute atomic E-state index is 0.155. The van der Waals surface area contributed by atoms with Crippen molar-refractivity contribution in [3.8, 4) is 5.75 Å². The van der Waals surface area contributed by atoms with Gasteiger partial charge in [-0.25, -0.2) is 0 Å². The summed E-state index contributed by atoms with van der Waals surface area (Å²) in [6.07, 6.45) is 1.71. The number of para-hydroxylation sites is 1. The Morgan fingerprint density at radius 3 is 2.71 bits per heavy atom. The molecule has 7 nitrogen and oxygen atoms in total. The number of aromatic nitrogens is 1. The van der Waals surface area contributed by atoms with Crippen LogP contribution in [-0.4, -0.2) is 56.7 Å².